The Morgan fingerprint density at radius 1 is 1.07 bits per heavy atom. The molecule has 0 bridgehead atoms. The van der Waals surface area contributed by atoms with Crippen molar-refractivity contribution in [3.05, 3.63) is 65.2 Å². The van der Waals surface area contributed by atoms with E-state index in [9.17, 15) is 13.2 Å². The Bertz CT molecular complexity index is 948. The second-order valence-electron chi connectivity index (χ2n) is 8.46. The average molecular weight is 433 g/mol. The number of rotatable bonds is 9. The van der Waals surface area contributed by atoms with E-state index < -0.39 is 10.0 Å². The maximum absolute atomic E-state index is 12.3. The van der Waals surface area contributed by atoms with Crippen LogP contribution in [-0.4, -0.2) is 44.6 Å². The third kappa shape index (κ3) is 7.46. The predicted octanol–water partition coefficient (Wildman–Crippen LogP) is 3.25. The minimum absolute atomic E-state index is 0.0498. The Morgan fingerprint density at radius 3 is 2.30 bits per heavy atom. The van der Waals surface area contributed by atoms with Gasteiger partial charge in [-0.2, -0.15) is 4.31 Å². The maximum Gasteiger partial charge on any atom is 0.235 e. The van der Waals surface area contributed by atoms with Gasteiger partial charge in [-0.15, -0.1) is 0 Å². The lowest BCUT2D eigenvalue weighted by Gasteiger charge is -2.23. The van der Waals surface area contributed by atoms with Crippen LogP contribution in [0.25, 0.3) is 0 Å². The number of para-hydroxylation sites is 1. The summed E-state index contributed by atoms with van der Waals surface area (Å²) in [5, 5.41) is 2.74. The van der Waals surface area contributed by atoms with Crippen LogP contribution in [0, 0.1) is 6.92 Å². The van der Waals surface area contributed by atoms with Crippen molar-refractivity contribution in [2.24, 2.45) is 0 Å². The van der Waals surface area contributed by atoms with Gasteiger partial charge in [0.1, 0.15) is 12.4 Å². The SMILES string of the molecule is Cc1ccc(CN(CC(=O)NCCOc2ccccc2C(C)(C)C)S(C)(=O)=O)cc1. The van der Waals surface area contributed by atoms with Crippen molar-refractivity contribution in [2.75, 3.05) is 26.0 Å². The van der Waals surface area contributed by atoms with E-state index in [2.05, 4.69) is 26.1 Å². The van der Waals surface area contributed by atoms with Gasteiger partial charge in [0.15, 0.2) is 0 Å². The van der Waals surface area contributed by atoms with Crippen LogP contribution in [0.3, 0.4) is 0 Å². The molecule has 0 aliphatic rings. The van der Waals surface area contributed by atoms with Crippen LogP contribution in [0.15, 0.2) is 48.5 Å². The molecule has 0 fully saturated rings. The molecular formula is C23H32N2O4S. The number of hydrogen-bond donors (Lipinski definition) is 1. The summed E-state index contributed by atoms with van der Waals surface area (Å²) in [5.41, 5.74) is 2.97. The summed E-state index contributed by atoms with van der Waals surface area (Å²) in [7, 11) is -3.52. The van der Waals surface area contributed by atoms with Gasteiger partial charge in [0.2, 0.25) is 15.9 Å². The third-order valence-corrected chi connectivity index (χ3v) is 5.84. The summed E-state index contributed by atoms with van der Waals surface area (Å²) in [4.78, 5) is 12.3. The molecule has 2 aromatic carbocycles. The van der Waals surface area contributed by atoms with Gasteiger partial charge in [-0.3, -0.25) is 4.79 Å². The van der Waals surface area contributed by atoms with Crippen molar-refractivity contribution in [3.63, 3.8) is 0 Å². The van der Waals surface area contributed by atoms with Crippen LogP contribution in [0.1, 0.15) is 37.5 Å². The number of hydrogen-bond acceptors (Lipinski definition) is 4. The first kappa shape index (κ1) is 23.9. The molecule has 0 heterocycles. The number of carbonyl (C=O) groups is 1. The lowest BCUT2D eigenvalue weighted by atomic mass is 9.86. The number of aryl methyl sites for hydroxylation is 1. The zero-order valence-corrected chi connectivity index (χ0v) is 19.3. The molecule has 0 aromatic heterocycles. The molecule has 2 aromatic rings. The van der Waals surface area contributed by atoms with Crippen molar-refractivity contribution >= 4 is 15.9 Å². The van der Waals surface area contributed by atoms with Crippen molar-refractivity contribution in [2.45, 2.75) is 39.7 Å². The van der Waals surface area contributed by atoms with Gasteiger partial charge in [-0.05, 0) is 29.5 Å². The fourth-order valence-corrected chi connectivity index (χ4v) is 3.70. The molecule has 30 heavy (non-hydrogen) atoms. The van der Waals surface area contributed by atoms with Crippen molar-refractivity contribution in [1.82, 2.24) is 9.62 Å². The highest BCUT2D eigenvalue weighted by Crippen LogP contribution is 2.30. The van der Waals surface area contributed by atoms with Gasteiger partial charge < -0.3 is 10.1 Å². The quantitative estimate of drug-likeness (QED) is 0.617. The van der Waals surface area contributed by atoms with E-state index in [0.29, 0.717) is 13.2 Å². The number of benzene rings is 2. The van der Waals surface area contributed by atoms with E-state index >= 15 is 0 Å². The summed E-state index contributed by atoms with van der Waals surface area (Å²) in [5.74, 6) is 0.427. The number of sulfonamides is 1. The van der Waals surface area contributed by atoms with E-state index in [0.717, 1.165) is 28.7 Å². The standard InChI is InChI=1S/C23H32N2O4S/c1-18-10-12-19(13-11-18)16-25(30(5,27)28)17-22(26)24-14-15-29-21-9-7-6-8-20(21)23(2,3)4/h6-13H,14-17H2,1-5H3,(H,24,26). The summed E-state index contributed by atoms with van der Waals surface area (Å²) in [6.07, 6.45) is 1.11. The monoisotopic (exact) mass is 432 g/mol. The Labute approximate surface area is 180 Å². The first-order chi connectivity index (χ1) is 14.0. The lowest BCUT2D eigenvalue weighted by molar-refractivity contribution is -0.121. The van der Waals surface area contributed by atoms with Gasteiger partial charge in [0.05, 0.1) is 19.3 Å². The van der Waals surface area contributed by atoms with Crippen LogP contribution in [-0.2, 0) is 26.8 Å². The Hall–Kier alpha value is -2.38. The van der Waals surface area contributed by atoms with Crippen molar-refractivity contribution < 1.29 is 17.9 Å². The van der Waals surface area contributed by atoms with Gasteiger partial charge >= 0.3 is 0 Å². The lowest BCUT2D eigenvalue weighted by Crippen LogP contribution is -2.41. The molecular weight excluding hydrogens is 400 g/mol. The topological polar surface area (TPSA) is 75.7 Å². The number of nitrogens with one attached hydrogen (secondary N) is 1. The largest absolute Gasteiger partial charge is 0.491 e. The second kappa shape index (κ2) is 10.1. The molecule has 164 valence electrons. The number of amides is 1. The van der Waals surface area contributed by atoms with Crippen LogP contribution in [0.5, 0.6) is 5.75 Å². The summed E-state index contributed by atoms with van der Waals surface area (Å²) >= 11 is 0. The van der Waals surface area contributed by atoms with Crippen molar-refractivity contribution in [1.29, 1.82) is 0 Å². The minimum Gasteiger partial charge on any atom is -0.491 e. The zero-order chi connectivity index (χ0) is 22.4. The van der Waals surface area contributed by atoms with E-state index in [1.807, 2.05) is 55.5 Å². The summed E-state index contributed by atoms with van der Waals surface area (Å²) in [6, 6.07) is 15.4. The highest BCUT2D eigenvalue weighted by atomic mass is 32.2. The molecule has 0 saturated heterocycles. The first-order valence-electron chi connectivity index (χ1n) is 9.96. The number of nitrogens with zero attached hydrogens (tertiary/aromatic N) is 1. The smallest absolute Gasteiger partial charge is 0.235 e. The molecule has 1 N–H and O–H groups in total. The van der Waals surface area contributed by atoms with Crippen LogP contribution < -0.4 is 10.1 Å². The molecule has 0 aliphatic carbocycles. The third-order valence-electron chi connectivity index (χ3n) is 4.65. The summed E-state index contributed by atoms with van der Waals surface area (Å²) in [6.45, 7) is 8.83. The van der Waals surface area contributed by atoms with E-state index in [1.165, 1.54) is 4.31 Å². The fraction of sp³-hybridized carbons (Fsp3) is 0.435. The maximum atomic E-state index is 12.3. The molecule has 0 spiro atoms. The Kier molecular flexibility index (Phi) is 8.03. The fourth-order valence-electron chi connectivity index (χ4n) is 2.97. The highest BCUT2D eigenvalue weighted by molar-refractivity contribution is 7.88. The molecule has 0 saturated carbocycles. The van der Waals surface area contributed by atoms with Gasteiger partial charge in [0.25, 0.3) is 0 Å². The van der Waals surface area contributed by atoms with Crippen molar-refractivity contribution in [3.8, 4) is 5.75 Å². The number of ether oxygens (including phenoxy) is 1. The van der Waals surface area contributed by atoms with E-state index in [-0.39, 0.29) is 24.4 Å². The van der Waals surface area contributed by atoms with Crippen LogP contribution in [0.2, 0.25) is 0 Å². The molecule has 0 radical (unpaired) electrons. The molecule has 7 heteroatoms. The minimum atomic E-state index is -3.52. The highest BCUT2D eigenvalue weighted by Gasteiger charge is 2.21. The zero-order valence-electron chi connectivity index (χ0n) is 18.4. The number of carbonyl (C=O) groups excluding carboxylic acids is 1. The van der Waals surface area contributed by atoms with Gasteiger partial charge in [-0.25, -0.2) is 8.42 Å². The normalized spacial score (nSPS) is 12.1. The molecule has 6 nitrogen and oxygen atoms in total. The second-order valence-corrected chi connectivity index (χ2v) is 10.4. The van der Waals surface area contributed by atoms with E-state index in [4.69, 9.17) is 4.74 Å². The van der Waals surface area contributed by atoms with E-state index in [1.54, 1.807) is 0 Å². The average Bonchev–Trinajstić information content (AvgIpc) is 2.65. The first-order valence-corrected chi connectivity index (χ1v) is 11.8. The molecule has 1 amide bonds. The Morgan fingerprint density at radius 2 is 1.70 bits per heavy atom. The summed E-state index contributed by atoms with van der Waals surface area (Å²) < 4.78 is 31.2. The molecule has 0 aliphatic heterocycles. The van der Waals surface area contributed by atoms with Gasteiger partial charge in [-0.1, -0.05) is 68.8 Å². The van der Waals surface area contributed by atoms with Crippen LogP contribution >= 0.6 is 0 Å². The Balaban J connectivity index is 1.89. The van der Waals surface area contributed by atoms with Crippen LogP contribution in [0.4, 0.5) is 0 Å². The molecule has 0 unspecified atom stereocenters. The molecule has 0 atom stereocenters. The predicted molar refractivity (Wildman–Crippen MR) is 120 cm³/mol. The molecule has 2 rings (SSSR count). The van der Waals surface area contributed by atoms with Gasteiger partial charge in [0, 0.05) is 6.54 Å².